The molecule has 1 heterocycles. The summed E-state index contributed by atoms with van der Waals surface area (Å²) in [5.41, 5.74) is -1.08. The van der Waals surface area contributed by atoms with Crippen LogP contribution in [0, 0.1) is 16.5 Å². The second kappa shape index (κ2) is 7.09. The number of hydrogen-bond acceptors (Lipinski definition) is 5. The Morgan fingerprint density at radius 1 is 1.39 bits per heavy atom. The Labute approximate surface area is 134 Å². The van der Waals surface area contributed by atoms with E-state index < -0.39 is 23.5 Å². The van der Waals surface area contributed by atoms with Crippen LogP contribution >= 0.6 is 0 Å². The monoisotopic (exact) mass is 317 g/mol. The maximum absolute atomic E-state index is 12.2. The van der Waals surface area contributed by atoms with E-state index in [2.05, 4.69) is 11.4 Å². The van der Waals surface area contributed by atoms with E-state index in [-0.39, 0.29) is 5.69 Å². The van der Waals surface area contributed by atoms with Gasteiger partial charge >= 0.3 is 11.7 Å². The maximum Gasteiger partial charge on any atom is 0.405 e. The summed E-state index contributed by atoms with van der Waals surface area (Å²) in [4.78, 5) is 24.1. The summed E-state index contributed by atoms with van der Waals surface area (Å²) < 4.78 is 5.41. The molecule has 122 valence electrons. The van der Waals surface area contributed by atoms with E-state index in [9.17, 15) is 20.1 Å². The van der Waals surface area contributed by atoms with Crippen molar-refractivity contribution in [3.05, 3.63) is 35.3 Å². The second-order valence-corrected chi connectivity index (χ2v) is 5.70. The van der Waals surface area contributed by atoms with Crippen LogP contribution in [0.4, 0.5) is 0 Å². The fourth-order valence-corrected chi connectivity index (χ4v) is 2.62. The molecule has 7 heteroatoms. The van der Waals surface area contributed by atoms with Crippen molar-refractivity contribution in [2.75, 3.05) is 0 Å². The molecule has 1 aliphatic rings. The van der Waals surface area contributed by atoms with Crippen LogP contribution < -0.4 is 10.0 Å². The summed E-state index contributed by atoms with van der Waals surface area (Å²) >= 11 is 0. The summed E-state index contributed by atoms with van der Waals surface area (Å²) in [6, 6.07) is 6.50. The van der Waals surface area contributed by atoms with Crippen molar-refractivity contribution in [2.45, 2.75) is 50.7 Å². The molecule has 1 saturated carbocycles. The Kier molecular flexibility index (Phi) is 5.16. The number of carbonyl (C=O) groups excluding carboxylic acids is 2. The molecule has 0 saturated heterocycles. The normalized spacial score (nSPS) is 17.6. The number of aromatic nitrogens is 1. The SMILES string of the molecule is C[C@@H](OC(=O)c1cccc[n+]1[O-])C(=O)NC1(C#N)CCCCC1. The zero-order valence-corrected chi connectivity index (χ0v) is 12.9. The highest BCUT2D eigenvalue weighted by Gasteiger charge is 2.35. The minimum Gasteiger partial charge on any atom is -0.618 e. The first-order chi connectivity index (χ1) is 11.0. The fraction of sp³-hybridized carbons (Fsp3) is 0.500. The van der Waals surface area contributed by atoms with Crippen molar-refractivity contribution in [3.8, 4) is 6.07 Å². The third kappa shape index (κ3) is 3.97. The van der Waals surface area contributed by atoms with E-state index in [0.717, 1.165) is 19.3 Å². The van der Waals surface area contributed by atoms with Crippen LogP contribution in [0.5, 0.6) is 0 Å². The van der Waals surface area contributed by atoms with Gasteiger partial charge in [-0.25, -0.2) is 4.79 Å². The average Bonchev–Trinajstić information content (AvgIpc) is 2.55. The van der Waals surface area contributed by atoms with Crippen molar-refractivity contribution in [3.63, 3.8) is 0 Å². The Hall–Kier alpha value is -2.62. The van der Waals surface area contributed by atoms with Gasteiger partial charge in [0.25, 0.3) is 5.91 Å². The van der Waals surface area contributed by atoms with Gasteiger partial charge in [-0.05, 0) is 25.8 Å². The van der Waals surface area contributed by atoms with Gasteiger partial charge in [0.1, 0.15) is 5.54 Å². The molecular weight excluding hydrogens is 298 g/mol. The minimum atomic E-state index is -1.09. The summed E-state index contributed by atoms with van der Waals surface area (Å²) in [7, 11) is 0. The molecule has 1 fully saturated rings. The molecule has 0 radical (unpaired) electrons. The molecule has 1 aliphatic carbocycles. The second-order valence-electron chi connectivity index (χ2n) is 5.70. The third-order valence-corrected chi connectivity index (χ3v) is 3.97. The van der Waals surface area contributed by atoms with Gasteiger partial charge in [-0.1, -0.05) is 19.3 Å². The molecule has 0 unspecified atom stereocenters. The van der Waals surface area contributed by atoms with Gasteiger partial charge in [-0.15, -0.1) is 0 Å². The first kappa shape index (κ1) is 16.7. The molecule has 1 N–H and O–H groups in total. The summed E-state index contributed by atoms with van der Waals surface area (Å²) in [6.07, 6.45) is 4.07. The van der Waals surface area contributed by atoms with Crippen LogP contribution in [-0.4, -0.2) is 23.5 Å². The highest BCUT2D eigenvalue weighted by molar-refractivity contribution is 5.89. The van der Waals surface area contributed by atoms with Crippen molar-refractivity contribution in [2.24, 2.45) is 0 Å². The molecular formula is C16H19N3O4. The van der Waals surface area contributed by atoms with Crippen molar-refractivity contribution >= 4 is 11.9 Å². The number of pyridine rings is 1. The smallest absolute Gasteiger partial charge is 0.405 e. The number of nitrogens with zero attached hydrogens (tertiary/aromatic N) is 2. The van der Waals surface area contributed by atoms with E-state index in [4.69, 9.17) is 4.74 Å². The van der Waals surface area contributed by atoms with E-state index >= 15 is 0 Å². The van der Waals surface area contributed by atoms with Crippen molar-refractivity contribution in [1.29, 1.82) is 5.26 Å². The first-order valence-corrected chi connectivity index (χ1v) is 7.60. The van der Waals surface area contributed by atoms with Gasteiger partial charge < -0.3 is 15.3 Å². The van der Waals surface area contributed by atoms with Crippen LogP contribution in [0.15, 0.2) is 24.4 Å². The number of rotatable bonds is 4. The van der Waals surface area contributed by atoms with Gasteiger partial charge in [0.05, 0.1) is 6.07 Å². The van der Waals surface area contributed by atoms with Gasteiger partial charge in [0.15, 0.2) is 12.3 Å². The lowest BCUT2D eigenvalue weighted by Gasteiger charge is -2.32. The zero-order valence-electron chi connectivity index (χ0n) is 12.9. The number of ether oxygens (including phenoxy) is 1. The third-order valence-electron chi connectivity index (χ3n) is 3.97. The number of amides is 1. The highest BCUT2D eigenvalue weighted by Crippen LogP contribution is 2.27. The lowest BCUT2D eigenvalue weighted by molar-refractivity contribution is -0.608. The van der Waals surface area contributed by atoms with E-state index in [1.54, 1.807) is 0 Å². The minimum absolute atomic E-state index is 0.195. The predicted molar refractivity (Wildman–Crippen MR) is 79.9 cm³/mol. The number of nitrogens with one attached hydrogen (secondary N) is 1. The molecule has 23 heavy (non-hydrogen) atoms. The molecule has 0 aromatic carbocycles. The summed E-state index contributed by atoms with van der Waals surface area (Å²) in [6.45, 7) is 1.42. The lowest BCUT2D eigenvalue weighted by Crippen LogP contribution is -2.52. The Balaban J connectivity index is 1.99. The molecule has 1 amide bonds. The van der Waals surface area contributed by atoms with Crippen LogP contribution in [0.1, 0.15) is 49.5 Å². The Morgan fingerprint density at radius 2 is 2.09 bits per heavy atom. The van der Waals surface area contributed by atoms with E-state index in [1.165, 1.54) is 31.3 Å². The first-order valence-electron chi connectivity index (χ1n) is 7.60. The van der Waals surface area contributed by atoms with Crippen molar-refractivity contribution in [1.82, 2.24) is 5.32 Å². The van der Waals surface area contributed by atoms with Gasteiger partial charge in [0, 0.05) is 12.1 Å². The summed E-state index contributed by atoms with van der Waals surface area (Å²) in [5, 5.41) is 23.5. The standard InChI is InChI=1S/C16H19N3O4/c1-12(23-15(21)13-7-3-6-10-19(13)22)14(20)18-16(11-17)8-4-2-5-9-16/h3,6-7,10,12H,2,4-5,8-9H2,1H3,(H,18,20)/t12-/m1/s1. The molecule has 0 bridgehead atoms. The van der Waals surface area contributed by atoms with Gasteiger partial charge in [-0.2, -0.15) is 9.99 Å². The molecule has 1 atom stereocenters. The molecule has 7 nitrogen and oxygen atoms in total. The average molecular weight is 317 g/mol. The predicted octanol–water partition coefficient (Wildman–Crippen LogP) is 1.21. The highest BCUT2D eigenvalue weighted by atomic mass is 16.6. The Bertz CT molecular complexity index is 632. The molecule has 1 aromatic heterocycles. The topological polar surface area (TPSA) is 106 Å². The van der Waals surface area contributed by atoms with Gasteiger partial charge in [-0.3, -0.25) is 4.79 Å². The van der Waals surface area contributed by atoms with Crippen LogP contribution in [0.3, 0.4) is 0 Å². The molecule has 0 spiro atoms. The zero-order chi connectivity index (χ0) is 16.9. The molecule has 1 aromatic rings. The molecule has 0 aliphatic heterocycles. The quantitative estimate of drug-likeness (QED) is 0.510. The lowest BCUT2D eigenvalue weighted by atomic mass is 9.83. The van der Waals surface area contributed by atoms with Crippen LogP contribution in [-0.2, 0) is 9.53 Å². The largest absolute Gasteiger partial charge is 0.618 e. The fourth-order valence-electron chi connectivity index (χ4n) is 2.62. The van der Waals surface area contributed by atoms with Crippen molar-refractivity contribution < 1.29 is 19.1 Å². The number of carbonyl (C=O) groups is 2. The van der Waals surface area contributed by atoms with Crippen LogP contribution in [0.25, 0.3) is 0 Å². The molecule has 2 rings (SSSR count). The van der Waals surface area contributed by atoms with Gasteiger partial charge in [0.2, 0.25) is 0 Å². The summed E-state index contributed by atoms with van der Waals surface area (Å²) in [5.74, 6) is -1.41. The number of hydrogen-bond donors (Lipinski definition) is 1. The van der Waals surface area contributed by atoms with E-state index in [1.807, 2.05) is 0 Å². The van der Waals surface area contributed by atoms with E-state index in [0.29, 0.717) is 17.6 Å². The maximum atomic E-state index is 12.2. The number of esters is 1. The Morgan fingerprint density at radius 3 is 2.70 bits per heavy atom. The van der Waals surface area contributed by atoms with Crippen LogP contribution in [0.2, 0.25) is 0 Å². The number of nitriles is 1.